The highest BCUT2D eigenvalue weighted by Gasteiger charge is 2.40. The molecule has 0 bridgehead atoms. The van der Waals surface area contributed by atoms with E-state index in [0.29, 0.717) is 0 Å². The molecule has 106 valence electrons. The van der Waals surface area contributed by atoms with E-state index in [-0.39, 0.29) is 0 Å². The van der Waals surface area contributed by atoms with Crippen molar-refractivity contribution < 1.29 is 36.6 Å². The van der Waals surface area contributed by atoms with Gasteiger partial charge in [0.05, 0.1) is 0 Å². The fourth-order valence-electron chi connectivity index (χ4n) is 1.08. The molecule has 0 rings (SSSR count). The fourth-order valence-corrected chi connectivity index (χ4v) is 1.08. The van der Waals surface area contributed by atoms with Crippen LogP contribution in [0.2, 0.25) is 0 Å². The molecule has 0 aromatic carbocycles. The summed E-state index contributed by atoms with van der Waals surface area (Å²) in [5.74, 6) is -1.75. The number of alkyl halides is 5. The molecule has 0 aromatic heterocycles. The van der Waals surface area contributed by atoms with E-state index < -0.39 is 42.3 Å². The second-order valence-electron chi connectivity index (χ2n) is 4.05. The Labute approximate surface area is 100 Å². The maximum absolute atomic E-state index is 12.3. The Hall–Kier alpha value is -1.18. The van der Waals surface area contributed by atoms with Gasteiger partial charge in [0.1, 0.15) is 17.3 Å². The smallest absolute Gasteiger partial charge is 0.422 e. The monoisotopic (exact) mass is 276 g/mol. The van der Waals surface area contributed by atoms with Crippen LogP contribution in [0.3, 0.4) is 0 Å². The van der Waals surface area contributed by atoms with Crippen molar-refractivity contribution in [3.05, 3.63) is 12.2 Å². The maximum Gasteiger partial charge on any atom is 0.422 e. The molecule has 3 nitrogen and oxygen atoms in total. The molecule has 0 radical (unpaired) electrons. The molecule has 8 heteroatoms. The number of aliphatic hydroxyl groups is 1. The van der Waals surface area contributed by atoms with Crippen LogP contribution in [0.5, 0.6) is 0 Å². The van der Waals surface area contributed by atoms with E-state index in [9.17, 15) is 31.9 Å². The zero-order valence-corrected chi connectivity index (χ0v) is 9.72. The number of halogens is 5. The summed E-state index contributed by atoms with van der Waals surface area (Å²) in [6, 6.07) is 0. The van der Waals surface area contributed by atoms with E-state index in [4.69, 9.17) is 0 Å². The van der Waals surface area contributed by atoms with Crippen molar-refractivity contribution >= 4 is 5.97 Å². The van der Waals surface area contributed by atoms with Crippen LogP contribution < -0.4 is 0 Å². The van der Waals surface area contributed by atoms with Crippen LogP contribution in [0, 0.1) is 0 Å². The molecular formula is C10H13F5O3. The molecule has 18 heavy (non-hydrogen) atoms. The van der Waals surface area contributed by atoms with Crippen molar-refractivity contribution in [2.45, 2.75) is 44.6 Å². The van der Waals surface area contributed by atoms with E-state index in [1.165, 1.54) is 0 Å². The van der Waals surface area contributed by atoms with Gasteiger partial charge in [-0.1, -0.05) is 6.58 Å². The quantitative estimate of drug-likeness (QED) is 0.476. The van der Waals surface area contributed by atoms with Crippen LogP contribution in [0.15, 0.2) is 12.2 Å². The summed E-state index contributed by atoms with van der Waals surface area (Å²) in [5.41, 5.74) is -4.18. The molecule has 0 fully saturated rings. The molecule has 0 aliphatic rings. The highest BCUT2D eigenvalue weighted by molar-refractivity contribution is 5.89. The van der Waals surface area contributed by atoms with Crippen molar-refractivity contribution in [1.29, 1.82) is 0 Å². The first-order valence-electron chi connectivity index (χ1n) is 4.85. The molecule has 0 saturated heterocycles. The van der Waals surface area contributed by atoms with Gasteiger partial charge in [0, 0.05) is 6.42 Å². The number of carbonyl (C=O) groups excluding carboxylic acids is 1. The summed E-state index contributed by atoms with van der Waals surface area (Å²) in [6.07, 6.45) is -10.0. The minimum Gasteiger partial charge on any atom is -0.459 e. The van der Waals surface area contributed by atoms with Gasteiger partial charge in [-0.05, 0) is 13.8 Å². The van der Waals surface area contributed by atoms with Gasteiger partial charge in [0.2, 0.25) is 0 Å². The Morgan fingerprint density at radius 3 is 2.17 bits per heavy atom. The summed E-state index contributed by atoms with van der Waals surface area (Å²) in [6.45, 7) is 4.39. The number of hydrogen-bond acceptors (Lipinski definition) is 3. The van der Waals surface area contributed by atoms with Gasteiger partial charge in [-0.15, -0.1) is 0 Å². The van der Waals surface area contributed by atoms with Crippen LogP contribution in [-0.2, 0) is 9.53 Å². The second kappa shape index (κ2) is 5.64. The SMILES string of the molecule is C=C(C(=O)OC(C)CC(C)(O)C(F)F)C(F)(F)F. The summed E-state index contributed by atoms with van der Waals surface area (Å²) < 4.78 is 65.0. The largest absolute Gasteiger partial charge is 0.459 e. The number of carbonyl (C=O) groups is 1. The van der Waals surface area contributed by atoms with Gasteiger partial charge in [-0.2, -0.15) is 13.2 Å². The third-order valence-corrected chi connectivity index (χ3v) is 2.07. The molecule has 0 amide bonds. The number of ether oxygens (including phenoxy) is 1. The Kier molecular flexibility index (Phi) is 5.27. The van der Waals surface area contributed by atoms with E-state index >= 15 is 0 Å². The second-order valence-corrected chi connectivity index (χ2v) is 4.05. The van der Waals surface area contributed by atoms with Gasteiger partial charge >= 0.3 is 12.1 Å². The summed E-state index contributed by atoms with van der Waals surface area (Å²) in [7, 11) is 0. The fraction of sp³-hybridized carbons (Fsp3) is 0.700. The lowest BCUT2D eigenvalue weighted by Crippen LogP contribution is -2.38. The molecule has 0 aliphatic heterocycles. The normalized spacial score (nSPS) is 17.2. The first-order chi connectivity index (χ1) is 7.88. The molecule has 0 saturated carbocycles. The molecule has 2 atom stereocenters. The number of hydrogen-bond donors (Lipinski definition) is 1. The van der Waals surface area contributed by atoms with E-state index in [0.717, 1.165) is 13.8 Å². The lowest BCUT2D eigenvalue weighted by Gasteiger charge is -2.25. The van der Waals surface area contributed by atoms with Crippen molar-refractivity contribution in [3.8, 4) is 0 Å². The van der Waals surface area contributed by atoms with E-state index in [1.54, 1.807) is 0 Å². The van der Waals surface area contributed by atoms with Crippen molar-refractivity contribution in [2.24, 2.45) is 0 Å². The highest BCUT2D eigenvalue weighted by atomic mass is 19.4. The lowest BCUT2D eigenvalue weighted by molar-refractivity contribution is -0.160. The van der Waals surface area contributed by atoms with Gasteiger partial charge in [0.25, 0.3) is 6.43 Å². The first-order valence-corrected chi connectivity index (χ1v) is 4.85. The zero-order valence-electron chi connectivity index (χ0n) is 9.72. The Morgan fingerprint density at radius 1 is 1.39 bits per heavy atom. The van der Waals surface area contributed by atoms with Gasteiger partial charge in [-0.25, -0.2) is 13.6 Å². The summed E-state index contributed by atoms with van der Waals surface area (Å²) in [4.78, 5) is 10.9. The predicted octanol–water partition coefficient (Wildman–Crippen LogP) is 2.44. The van der Waals surface area contributed by atoms with Gasteiger partial charge < -0.3 is 9.84 Å². The lowest BCUT2D eigenvalue weighted by atomic mass is 10.00. The molecule has 1 N–H and O–H groups in total. The Morgan fingerprint density at radius 2 is 1.83 bits per heavy atom. The maximum atomic E-state index is 12.3. The average molecular weight is 276 g/mol. The predicted molar refractivity (Wildman–Crippen MR) is 52.0 cm³/mol. The summed E-state index contributed by atoms with van der Waals surface area (Å²) in [5, 5.41) is 9.19. The Balaban J connectivity index is 4.47. The minimum absolute atomic E-state index is 0.693. The first kappa shape index (κ1) is 16.8. The minimum atomic E-state index is -4.94. The molecular weight excluding hydrogens is 263 g/mol. The van der Waals surface area contributed by atoms with Crippen LogP contribution in [0.25, 0.3) is 0 Å². The van der Waals surface area contributed by atoms with Crippen LogP contribution in [0.4, 0.5) is 22.0 Å². The molecule has 0 heterocycles. The van der Waals surface area contributed by atoms with Gasteiger partial charge in [-0.3, -0.25) is 0 Å². The zero-order chi connectivity index (χ0) is 14.7. The number of esters is 1. The molecule has 0 spiro atoms. The highest BCUT2D eigenvalue weighted by Crippen LogP contribution is 2.27. The standard InChI is InChI=1S/C10H13F5O3/c1-5(4-9(3,17)8(11)12)18-7(16)6(2)10(13,14)15/h5,8,17H,2,4H2,1,3H3. The topological polar surface area (TPSA) is 46.5 Å². The average Bonchev–Trinajstić information content (AvgIpc) is 2.13. The van der Waals surface area contributed by atoms with Crippen molar-refractivity contribution in [1.82, 2.24) is 0 Å². The van der Waals surface area contributed by atoms with Gasteiger partial charge in [0.15, 0.2) is 0 Å². The molecule has 0 aromatic rings. The van der Waals surface area contributed by atoms with E-state index in [1.807, 2.05) is 0 Å². The van der Waals surface area contributed by atoms with E-state index in [2.05, 4.69) is 11.3 Å². The Bertz CT molecular complexity index is 322. The van der Waals surface area contributed by atoms with Crippen molar-refractivity contribution in [2.75, 3.05) is 0 Å². The number of rotatable bonds is 5. The van der Waals surface area contributed by atoms with Crippen LogP contribution >= 0.6 is 0 Å². The van der Waals surface area contributed by atoms with Crippen molar-refractivity contribution in [3.63, 3.8) is 0 Å². The van der Waals surface area contributed by atoms with Crippen LogP contribution in [0.1, 0.15) is 20.3 Å². The third-order valence-electron chi connectivity index (χ3n) is 2.07. The van der Waals surface area contributed by atoms with Crippen LogP contribution in [-0.4, -0.2) is 35.4 Å². The third kappa shape index (κ3) is 4.99. The molecule has 0 aliphatic carbocycles. The molecule has 2 unspecified atom stereocenters. The summed E-state index contributed by atoms with van der Waals surface area (Å²) >= 11 is 0.